The molecule has 0 bridgehead atoms. The molecule has 0 radical (unpaired) electrons. The number of amides is 2. The van der Waals surface area contributed by atoms with Gasteiger partial charge in [0.15, 0.2) is 0 Å². The second-order valence-corrected chi connectivity index (χ2v) is 15.5. The number of hydrogen-bond donors (Lipinski definition) is 1. The molecule has 0 spiro atoms. The lowest BCUT2D eigenvalue weighted by molar-refractivity contribution is -0.140. The third-order valence-electron chi connectivity index (χ3n) is 7.40. The van der Waals surface area contributed by atoms with Crippen molar-refractivity contribution in [2.24, 2.45) is 0 Å². The number of methoxy groups -OCH3 is 1. The van der Waals surface area contributed by atoms with Crippen molar-refractivity contribution in [3.8, 4) is 5.75 Å². The molecular formula is C36H38Cl3N3O5S. The van der Waals surface area contributed by atoms with Gasteiger partial charge in [0.1, 0.15) is 18.3 Å². The number of ether oxygens (including phenoxy) is 1. The summed E-state index contributed by atoms with van der Waals surface area (Å²) < 4.78 is 35.2. The normalized spacial score (nSPS) is 12.2. The van der Waals surface area contributed by atoms with Gasteiger partial charge < -0.3 is 15.0 Å². The fourth-order valence-corrected chi connectivity index (χ4v) is 6.95. The minimum atomic E-state index is -4.36. The number of nitrogens with zero attached hydrogens (tertiary/aromatic N) is 2. The average molecular weight is 731 g/mol. The predicted molar refractivity (Wildman–Crippen MR) is 193 cm³/mol. The molecule has 48 heavy (non-hydrogen) atoms. The van der Waals surface area contributed by atoms with Gasteiger partial charge >= 0.3 is 0 Å². The Morgan fingerprint density at radius 2 is 1.52 bits per heavy atom. The van der Waals surface area contributed by atoms with Crippen molar-refractivity contribution in [1.29, 1.82) is 0 Å². The van der Waals surface area contributed by atoms with Crippen LogP contribution in [0.1, 0.15) is 37.5 Å². The molecule has 0 fully saturated rings. The molecule has 4 rings (SSSR count). The first kappa shape index (κ1) is 37.1. The Labute approximate surface area is 297 Å². The molecule has 0 unspecified atom stereocenters. The van der Waals surface area contributed by atoms with Gasteiger partial charge in [-0.05, 0) is 81.3 Å². The van der Waals surface area contributed by atoms with E-state index in [2.05, 4.69) is 5.32 Å². The van der Waals surface area contributed by atoms with E-state index in [1.807, 2.05) is 58.0 Å². The molecule has 2 amide bonds. The number of hydrogen-bond acceptors (Lipinski definition) is 5. The molecule has 12 heteroatoms. The number of carbonyl (C=O) groups excluding carboxylic acids is 2. The topological polar surface area (TPSA) is 96.0 Å². The van der Waals surface area contributed by atoms with Crippen LogP contribution in [0.3, 0.4) is 0 Å². The summed E-state index contributed by atoms with van der Waals surface area (Å²) >= 11 is 18.9. The van der Waals surface area contributed by atoms with Crippen LogP contribution in [0.4, 0.5) is 5.69 Å². The molecule has 1 N–H and O–H groups in total. The number of rotatable bonds is 12. The van der Waals surface area contributed by atoms with Crippen LogP contribution in [0.15, 0.2) is 95.9 Å². The average Bonchev–Trinajstić information content (AvgIpc) is 3.03. The van der Waals surface area contributed by atoms with Gasteiger partial charge in [0.05, 0.1) is 27.7 Å². The van der Waals surface area contributed by atoms with Crippen LogP contribution in [0.5, 0.6) is 5.75 Å². The van der Waals surface area contributed by atoms with Crippen LogP contribution < -0.4 is 14.4 Å². The van der Waals surface area contributed by atoms with Gasteiger partial charge in [0, 0.05) is 23.5 Å². The highest BCUT2D eigenvalue weighted by atomic mass is 35.5. The quantitative estimate of drug-likeness (QED) is 0.161. The summed E-state index contributed by atoms with van der Waals surface area (Å²) in [6.45, 7) is 6.62. The van der Waals surface area contributed by atoms with Gasteiger partial charge in [-0.2, -0.15) is 0 Å². The van der Waals surface area contributed by atoms with Gasteiger partial charge in [0.25, 0.3) is 10.0 Å². The highest BCUT2D eigenvalue weighted by Crippen LogP contribution is 2.35. The van der Waals surface area contributed by atoms with E-state index in [9.17, 15) is 18.0 Å². The zero-order valence-electron chi connectivity index (χ0n) is 27.3. The van der Waals surface area contributed by atoms with Crippen LogP contribution in [0.2, 0.25) is 15.1 Å². The summed E-state index contributed by atoms with van der Waals surface area (Å²) in [4.78, 5) is 30.1. The summed E-state index contributed by atoms with van der Waals surface area (Å²) in [5.41, 5.74) is 1.69. The fourth-order valence-electron chi connectivity index (χ4n) is 5.05. The molecule has 0 saturated heterocycles. The Morgan fingerprint density at radius 3 is 2.12 bits per heavy atom. The standard InChI is InChI=1S/C36H38Cl3N3O5S/c1-24-11-15-28(16-12-24)48(45,46)42(31-21-27(37)14-18-33(31)47-5)23-34(43)41(22-26-13-17-29(38)30(39)19-26)32(35(44)40-36(2,3)4)20-25-9-7-6-8-10-25/h6-19,21,32H,20,22-23H2,1-5H3,(H,40,44)/t32-/m0/s1. The Bertz CT molecular complexity index is 1860. The van der Waals surface area contributed by atoms with Gasteiger partial charge in [-0.15, -0.1) is 0 Å². The largest absolute Gasteiger partial charge is 0.495 e. The second-order valence-electron chi connectivity index (χ2n) is 12.4. The molecule has 4 aromatic carbocycles. The van der Waals surface area contributed by atoms with E-state index in [4.69, 9.17) is 39.5 Å². The van der Waals surface area contributed by atoms with Crippen molar-refractivity contribution in [3.05, 3.63) is 123 Å². The number of nitrogens with one attached hydrogen (secondary N) is 1. The Kier molecular flexibility index (Phi) is 12.1. The van der Waals surface area contributed by atoms with Gasteiger partial charge in [-0.1, -0.05) is 88.9 Å². The van der Waals surface area contributed by atoms with E-state index >= 15 is 0 Å². The predicted octanol–water partition coefficient (Wildman–Crippen LogP) is 7.71. The second kappa shape index (κ2) is 15.6. The molecule has 0 aromatic heterocycles. The first-order chi connectivity index (χ1) is 22.6. The van der Waals surface area contributed by atoms with Gasteiger partial charge in [-0.25, -0.2) is 8.42 Å². The zero-order chi connectivity index (χ0) is 35.2. The molecular weight excluding hydrogens is 693 g/mol. The summed E-state index contributed by atoms with van der Waals surface area (Å²) in [6, 6.07) is 24.0. The number of aryl methyl sites for hydroxylation is 1. The van der Waals surface area contributed by atoms with Crippen molar-refractivity contribution in [2.75, 3.05) is 18.0 Å². The maximum absolute atomic E-state index is 14.7. The minimum absolute atomic E-state index is 0.0368. The van der Waals surface area contributed by atoms with Crippen LogP contribution in [-0.4, -0.2) is 50.4 Å². The van der Waals surface area contributed by atoms with E-state index in [1.165, 1.54) is 36.3 Å². The lowest BCUT2D eigenvalue weighted by Gasteiger charge is -2.35. The SMILES string of the molecule is COc1ccc(Cl)cc1N(CC(=O)N(Cc1ccc(Cl)c(Cl)c1)[C@@H](Cc1ccccc1)C(=O)NC(C)(C)C)S(=O)(=O)c1ccc(C)cc1. The van der Waals surface area contributed by atoms with Crippen molar-refractivity contribution in [3.63, 3.8) is 0 Å². The monoisotopic (exact) mass is 729 g/mol. The van der Waals surface area contributed by atoms with Crippen LogP contribution in [0.25, 0.3) is 0 Å². The van der Waals surface area contributed by atoms with E-state index in [0.29, 0.717) is 10.6 Å². The molecule has 4 aromatic rings. The van der Waals surface area contributed by atoms with E-state index < -0.39 is 40.0 Å². The Balaban J connectivity index is 1.88. The highest BCUT2D eigenvalue weighted by molar-refractivity contribution is 7.92. The molecule has 0 heterocycles. The van der Waals surface area contributed by atoms with Crippen LogP contribution >= 0.6 is 34.8 Å². The number of halogens is 3. The maximum atomic E-state index is 14.7. The fraction of sp³-hybridized carbons (Fsp3) is 0.278. The third kappa shape index (κ3) is 9.44. The molecule has 0 aliphatic heterocycles. The molecule has 8 nitrogen and oxygen atoms in total. The van der Waals surface area contributed by atoms with E-state index in [-0.39, 0.29) is 39.3 Å². The molecule has 0 saturated carbocycles. The molecule has 254 valence electrons. The van der Waals surface area contributed by atoms with Crippen LogP contribution in [-0.2, 0) is 32.6 Å². The first-order valence-electron chi connectivity index (χ1n) is 15.1. The molecule has 0 aliphatic rings. The zero-order valence-corrected chi connectivity index (χ0v) is 30.4. The summed E-state index contributed by atoms with van der Waals surface area (Å²) in [5, 5.41) is 3.84. The molecule has 0 aliphatic carbocycles. The summed E-state index contributed by atoms with van der Waals surface area (Å²) in [7, 11) is -2.96. The molecule has 1 atom stereocenters. The third-order valence-corrected chi connectivity index (χ3v) is 10.2. The first-order valence-corrected chi connectivity index (χ1v) is 17.7. The number of benzene rings is 4. The Hall–Kier alpha value is -3.76. The van der Waals surface area contributed by atoms with Crippen molar-refractivity contribution in [2.45, 2.75) is 57.1 Å². The Morgan fingerprint density at radius 1 is 0.854 bits per heavy atom. The van der Waals surface area contributed by atoms with Crippen molar-refractivity contribution < 1.29 is 22.7 Å². The van der Waals surface area contributed by atoms with Gasteiger partial charge in [0.2, 0.25) is 11.8 Å². The number of anilines is 1. The van der Waals surface area contributed by atoms with E-state index in [1.54, 1.807) is 36.4 Å². The van der Waals surface area contributed by atoms with Crippen LogP contribution in [0, 0.1) is 6.92 Å². The smallest absolute Gasteiger partial charge is 0.264 e. The summed E-state index contributed by atoms with van der Waals surface area (Å²) in [6.07, 6.45) is 0.154. The van der Waals surface area contributed by atoms with Crippen molar-refractivity contribution >= 4 is 62.3 Å². The highest BCUT2D eigenvalue weighted by Gasteiger charge is 2.36. The lowest BCUT2D eigenvalue weighted by atomic mass is 10.0. The lowest BCUT2D eigenvalue weighted by Crippen LogP contribution is -2.56. The minimum Gasteiger partial charge on any atom is -0.495 e. The maximum Gasteiger partial charge on any atom is 0.264 e. The number of carbonyl (C=O) groups is 2. The van der Waals surface area contributed by atoms with Crippen molar-refractivity contribution in [1.82, 2.24) is 10.2 Å². The summed E-state index contributed by atoms with van der Waals surface area (Å²) in [5.74, 6) is -0.873. The van der Waals surface area contributed by atoms with E-state index in [0.717, 1.165) is 15.4 Å². The van der Waals surface area contributed by atoms with Gasteiger partial charge in [-0.3, -0.25) is 13.9 Å². The number of sulfonamides is 1.